The first-order valence-electron chi connectivity index (χ1n) is 10.6. The quantitative estimate of drug-likeness (QED) is 0.554. The van der Waals surface area contributed by atoms with Crippen LogP contribution in [0.3, 0.4) is 0 Å². The lowest BCUT2D eigenvalue weighted by Crippen LogP contribution is -2.28. The summed E-state index contributed by atoms with van der Waals surface area (Å²) in [6, 6.07) is 14.2. The summed E-state index contributed by atoms with van der Waals surface area (Å²) in [7, 11) is 2.14. The molecule has 0 bridgehead atoms. The zero-order valence-electron chi connectivity index (χ0n) is 17.7. The van der Waals surface area contributed by atoms with Crippen molar-refractivity contribution in [2.45, 2.75) is 49.3 Å². The standard InChI is InChI=1S/C24H31N3OS/c1-4-6-15-27(3)16-9-14-25-24(28)18-12-13-23-21(17-18)26-20(5-2)19-10-7-8-11-22(19)29-23/h7-8,10-13,17H,4-6,9,14-16H2,1-3H3,(H,25,28). The number of carbonyl (C=O) groups is 1. The number of unbranched alkanes of at least 4 members (excludes halogenated alkanes) is 1. The normalized spacial score (nSPS) is 12.8. The SMILES string of the molecule is CCCCN(C)CCCNC(=O)c1ccc2c(c1)N=C(CC)c1ccccc1S2. The van der Waals surface area contributed by atoms with E-state index in [0.717, 1.165) is 42.2 Å². The monoisotopic (exact) mass is 409 g/mol. The van der Waals surface area contributed by atoms with Crippen molar-refractivity contribution >= 4 is 29.1 Å². The Balaban J connectivity index is 1.65. The van der Waals surface area contributed by atoms with Crippen molar-refractivity contribution in [3.8, 4) is 0 Å². The van der Waals surface area contributed by atoms with Gasteiger partial charge in [-0.15, -0.1) is 0 Å². The highest BCUT2D eigenvalue weighted by molar-refractivity contribution is 7.99. The second kappa shape index (κ2) is 10.6. The number of carbonyl (C=O) groups excluding carboxylic acids is 1. The number of benzene rings is 2. The van der Waals surface area contributed by atoms with E-state index in [9.17, 15) is 4.79 Å². The van der Waals surface area contributed by atoms with Gasteiger partial charge in [0.25, 0.3) is 5.91 Å². The third kappa shape index (κ3) is 5.71. The summed E-state index contributed by atoms with van der Waals surface area (Å²) in [6.07, 6.45) is 4.25. The lowest BCUT2D eigenvalue weighted by Gasteiger charge is -2.16. The molecule has 2 aromatic carbocycles. The fraction of sp³-hybridized carbons (Fsp3) is 0.417. The first-order valence-corrected chi connectivity index (χ1v) is 11.4. The zero-order chi connectivity index (χ0) is 20.6. The van der Waals surface area contributed by atoms with Crippen LogP contribution in [0.5, 0.6) is 0 Å². The Morgan fingerprint density at radius 1 is 1.07 bits per heavy atom. The second-order valence-electron chi connectivity index (χ2n) is 7.46. The molecule has 0 radical (unpaired) electrons. The van der Waals surface area contributed by atoms with Crippen molar-refractivity contribution in [2.75, 3.05) is 26.7 Å². The van der Waals surface area contributed by atoms with Crippen molar-refractivity contribution < 1.29 is 4.79 Å². The number of nitrogens with one attached hydrogen (secondary N) is 1. The van der Waals surface area contributed by atoms with Crippen molar-refractivity contribution in [1.82, 2.24) is 10.2 Å². The fourth-order valence-electron chi connectivity index (χ4n) is 3.41. The Hall–Kier alpha value is -2.11. The van der Waals surface area contributed by atoms with E-state index in [0.29, 0.717) is 12.1 Å². The summed E-state index contributed by atoms with van der Waals surface area (Å²) in [4.78, 5) is 22.2. The van der Waals surface area contributed by atoms with Crippen LogP contribution in [0, 0.1) is 0 Å². The molecule has 154 valence electrons. The van der Waals surface area contributed by atoms with Gasteiger partial charge < -0.3 is 10.2 Å². The molecule has 1 N–H and O–H groups in total. The molecule has 4 nitrogen and oxygen atoms in total. The van der Waals surface area contributed by atoms with Crippen LogP contribution in [-0.4, -0.2) is 43.2 Å². The second-order valence-corrected chi connectivity index (χ2v) is 8.54. The van der Waals surface area contributed by atoms with Gasteiger partial charge in [0.1, 0.15) is 0 Å². The number of nitrogens with zero attached hydrogens (tertiary/aromatic N) is 2. The van der Waals surface area contributed by atoms with E-state index in [-0.39, 0.29) is 5.91 Å². The van der Waals surface area contributed by atoms with Crippen molar-refractivity contribution in [2.24, 2.45) is 4.99 Å². The third-order valence-corrected chi connectivity index (χ3v) is 6.27. The molecule has 0 spiro atoms. The first kappa shape index (κ1) is 21.6. The van der Waals surface area contributed by atoms with E-state index < -0.39 is 0 Å². The molecule has 0 atom stereocenters. The van der Waals surface area contributed by atoms with Crippen LogP contribution in [0.1, 0.15) is 55.5 Å². The maximum atomic E-state index is 12.6. The minimum atomic E-state index is -0.0241. The van der Waals surface area contributed by atoms with Gasteiger partial charge in [0, 0.05) is 33.2 Å². The maximum absolute atomic E-state index is 12.6. The van der Waals surface area contributed by atoms with Crippen LogP contribution >= 0.6 is 11.8 Å². The highest BCUT2D eigenvalue weighted by atomic mass is 32.2. The number of hydrogen-bond acceptors (Lipinski definition) is 4. The molecular formula is C24H31N3OS. The van der Waals surface area contributed by atoms with Gasteiger partial charge in [-0.3, -0.25) is 9.79 Å². The smallest absolute Gasteiger partial charge is 0.251 e. The number of fused-ring (bicyclic) bond motifs is 2. The Morgan fingerprint density at radius 2 is 1.86 bits per heavy atom. The Kier molecular flexibility index (Phi) is 7.90. The maximum Gasteiger partial charge on any atom is 0.251 e. The molecule has 0 aromatic heterocycles. The third-order valence-electron chi connectivity index (χ3n) is 5.12. The van der Waals surface area contributed by atoms with Crippen LogP contribution in [0.2, 0.25) is 0 Å². The molecule has 0 unspecified atom stereocenters. The average molecular weight is 410 g/mol. The lowest BCUT2D eigenvalue weighted by atomic mass is 10.1. The van der Waals surface area contributed by atoms with Crippen molar-refractivity contribution in [1.29, 1.82) is 0 Å². The van der Waals surface area contributed by atoms with Gasteiger partial charge in [-0.2, -0.15) is 0 Å². The van der Waals surface area contributed by atoms with E-state index in [2.05, 4.69) is 55.4 Å². The van der Waals surface area contributed by atoms with Gasteiger partial charge in [-0.25, -0.2) is 0 Å². The molecule has 0 saturated carbocycles. The van der Waals surface area contributed by atoms with E-state index in [1.165, 1.54) is 23.3 Å². The summed E-state index contributed by atoms with van der Waals surface area (Å²) >= 11 is 1.72. The largest absolute Gasteiger partial charge is 0.352 e. The minimum Gasteiger partial charge on any atom is -0.352 e. The summed E-state index contributed by atoms with van der Waals surface area (Å²) in [5, 5.41) is 3.05. The minimum absolute atomic E-state index is 0.0241. The molecule has 1 aliphatic rings. The average Bonchev–Trinajstić information content (AvgIpc) is 2.90. The molecule has 5 heteroatoms. The van der Waals surface area contributed by atoms with Gasteiger partial charge >= 0.3 is 0 Å². The summed E-state index contributed by atoms with van der Waals surface area (Å²) in [5.41, 5.74) is 3.82. The molecule has 1 aliphatic heterocycles. The molecular weight excluding hydrogens is 378 g/mol. The topological polar surface area (TPSA) is 44.7 Å². The lowest BCUT2D eigenvalue weighted by molar-refractivity contribution is 0.0952. The molecule has 0 saturated heterocycles. The van der Waals surface area contributed by atoms with Crippen LogP contribution in [0.4, 0.5) is 5.69 Å². The molecule has 0 aliphatic carbocycles. The van der Waals surface area contributed by atoms with Gasteiger partial charge in [0.2, 0.25) is 0 Å². The van der Waals surface area contributed by atoms with Gasteiger partial charge in [-0.1, -0.05) is 50.2 Å². The molecule has 3 rings (SSSR count). The van der Waals surface area contributed by atoms with Gasteiger partial charge in [0.05, 0.1) is 5.69 Å². The number of aliphatic imine (C=N–C) groups is 1. The number of amides is 1. The van der Waals surface area contributed by atoms with Crippen LogP contribution in [0.25, 0.3) is 0 Å². The molecule has 1 heterocycles. The van der Waals surface area contributed by atoms with E-state index in [1.807, 2.05) is 18.2 Å². The van der Waals surface area contributed by atoms with E-state index in [4.69, 9.17) is 4.99 Å². The number of rotatable bonds is 9. The molecule has 2 aromatic rings. The molecule has 29 heavy (non-hydrogen) atoms. The predicted molar refractivity (Wildman–Crippen MR) is 123 cm³/mol. The molecule has 0 fully saturated rings. The van der Waals surface area contributed by atoms with Gasteiger partial charge in [0.15, 0.2) is 0 Å². The summed E-state index contributed by atoms with van der Waals surface area (Å²) < 4.78 is 0. The van der Waals surface area contributed by atoms with Crippen LogP contribution in [-0.2, 0) is 0 Å². The van der Waals surface area contributed by atoms with Crippen molar-refractivity contribution in [3.05, 3.63) is 53.6 Å². The summed E-state index contributed by atoms with van der Waals surface area (Å²) in [5.74, 6) is -0.0241. The zero-order valence-corrected chi connectivity index (χ0v) is 18.5. The Morgan fingerprint density at radius 3 is 2.66 bits per heavy atom. The van der Waals surface area contributed by atoms with E-state index >= 15 is 0 Å². The van der Waals surface area contributed by atoms with Gasteiger partial charge in [-0.05, 0) is 63.7 Å². The van der Waals surface area contributed by atoms with E-state index in [1.54, 1.807) is 11.8 Å². The summed E-state index contributed by atoms with van der Waals surface area (Å²) in [6.45, 7) is 7.14. The fourth-order valence-corrected chi connectivity index (χ4v) is 4.44. The highest BCUT2D eigenvalue weighted by Gasteiger charge is 2.17. The van der Waals surface area contributed by atoms with Crippen molar-refractivity contribution in [3.63, 3.8) is 0 Å². The Labute approximate surface area is 178 Å². The predicted octanol–water partition coefficient (Wildman–Crippen LogP) is 5.53. The highest BCUT2D eigenvalue weighted by Crippen LogP contribution is 2.41. The van der Waals surface area contributed by atoms with Crippen LogP contribution < -0.4 is 5.32 Å². The molecule has 1 amide bonds. The first-order chi connectivity index (χ1) is 14.1. The Bertz CT molecular complexity index is 878. The number of hydrogen-bond donors (Lipinski definition) is 1. The van der Waals surface area contributed by atoms with Crippen LogP contribution in [0.15, 0.2) is 57.2 Å².